The normalized spacial score (nSPS) is 27.9. The van der Waals surface area contributed by atoms with Crippen LogP contribution in [-0.2, 0) is 0 Å². The summed E-state index contributed by atoms with van der Waals surface area (Å²) in [6.45, 7) is 5.78. The van der Waals surface area contributed by atoms with E-state index in [4.69, 9.17) is 10.9 Å². The van der Waals surface area contributed by atoms with Gasteiger partial charge in [0.25, 0.3) is 0 Å². The van der Waals surface area contributed by atoms with Crippen molar-refractivity contribution < 1.29 is 10.3 Å². The summed E-state index contributed by atoms with van der Waals surface area (Å²) in [5, 5.41) is 20.9. The Bertz CT molecular complexity index is 231. The van der Waals surface area contributed by atoms with E-state index in [9.17, 15) is 5.11 Å². The van der Waals surface area contributed by atoms with Crippen LogP contribution in [0.15, 0.2) is 5.16 Å². The summed E-state index contributed by atoms with van der Waals surface area (Å²) < 4.78 is 0. The molecule has 0 spiro atoms. The maximum Gasteiger partial charge on any atom is 0.140 e. The highest BCUT2D eigenvalue weighted by Gasteiger charge is 2.28. The molecule has 0 aromatic rings. The van der Waals surface area contributed by atoms with Crippen LogP contribution in [0.25, 0.3) is 0 Å². The third-order valence-corrected chi connectivity index (χ3v) is 3.19. The van der Waals surface area contributed by atoms with Crippen LogP contribution in [-0.4, -0.2) is 46.3 Å². The van der Waals surface area contributed by atoms with Gasteiger partial charge >= 0.3 is 0 Å². The molecule has 0 amide bonds. The van der Waals surface area contributed by atoms with E-state index in [1.165, 1.54) is 0 Å². The zero-order valence-electron chi connectivity index (χ0n) is 9.43. The molecule has 0 aromatic heterocycles. The molecule has 1 saturated heterocycles. The standard InChI is InChI=1S/C10H21N3O2/c1-7(5-10(11)12-15)13-4-3-9(6-13)8(2)14/h7-9,14-15H,3-6H2,1-2H3,(H2,11,12). The van der Waals surface area contributed by atoms with Gasteiger partial charge in [0, 0.05) is 19.0 Å². The number of aliphatic hydroxyl groups excluding tert-OH is 1. The molecule has 0 aromatic carbocycles. The fourth-order valence-electron chi connectivity index (χ4n) is 2.08. The summed E-state index contributed by atoms with van der Waals surface area (Å²) >= 11 is 0. The number of oxime groups is 1. The lowest BCUT2D eigenvalue weighted by molar-refractivity contribution is 0.123. The molecular weight excluding hydrogens is 194 g/mol. The second-order valence-corrected chi connectivity index (χ2v) is 4.43. The van der Waals surface area contributed by atoms with Gasteiger partial charge in [-0.2, -0.15) is 0 Å². The number of nitrogens with zero attached hydrogens (tertiary/aromatic N) is 2. The van der Waals surface area contributed by atoms with Crippen molar-refractivity contribution in [2.75, 3.05) is 13.1 Å². The summed E-state index contributed by atoms with van der Waals surface area (Å²) in [6.07, 6.45) is 1.35. The van der Waals surface area contributed by atoms with Crippen molar-refractivity contribution in [3.8, 4) is 0 Å². The summed E-state index contributed by atoms with van der Waals surface area (Å²) in [5.41, 5.74) is 5.46. The zero-order chi connectivity index (χ0) is 11.4. The Hall–Kier alpha value is -0.810. The molecule has 1 heterocycles. The van der Waals surface area contributed by atoms with Gasteiger partial charge in [-0.1, -0.05) is 5.16 Å². The number of aliphatic hydroxyl groups is 1. The Balaban J connectivity index is 2.39. The minimum absolute atomic E-state index is 0.244. The van der Waals surface area contributed by atoms with E-state index in [1.54, 1.807) is 0 Å². The van der Waals surface area contributed by atoms with Gasteiger partial charge in [0.1, 0.15) is 5.84 Å². The second-order valence-electron chi connectivity index (χ2n) is 4.43. The molecule has 4 N–H and O–H groups in total. The first-order valence-corrected chi connectivity index (χ1v) is 5.43. The fourth-order valence-corrected chi connectivity index (χ4v) is 2.08. The van der Waals surface area contributed by atoms with Gasteiger partial charge in [-0.05, 0) is 32.7 Å². The van der Waals surface area contributed by atoms with Crippen molar-refractivity contribution in [1.29, 1.82) is 0 Å². The maximum atomic E-state index is 9.46. The summed E-state index contributed by atoms with van der Waals surface area (Å²) in [5.74, 6) is 0.628. The van der Waals surface area contributed by atoms with Gasteiger partial charge in [0.15, 0.2) is 0 Å². The average molecular weight is 215 g/mol. The van der Waals surface area contributed by atoms with Crippen LogP contribution in [0.3, 0.4) is 0 Å². The van der Waals surface area contributed by atoms with Gasteiger partial charge < -0.3 is 16.0 Å². The van der Waals surface area contributed by atoms with Crippen LogP contribution >= 0.6 is 0 Å². The number of rotatable bonds is 4. The Kier molecular flexibility index (Phi) is 4.35. The van der Waals surface area contributed by atoms with Crippen molar-refractivity contribution >= 4 is 5.84 Å². The van der Waals surface area contributed by atoms with Crippen molar-refractivity contribution in [2.24, 2.45) is 16.8 Å². The second kappa shape index (κ2) is 5.32. The molecule has 0 saturated carbocycles. The summed E-state index contributed by atoms with van der Waals surface area (Å²) in [7, 11) is 0. The average Bonchev–Trinajstić information content (AvgIpc) is 2.66. The molecule has 88 valence electrons. The lowest BCUT2D eigenvalue weighted by atomic mass is 10.0. The summed E-state index contributed by atoms with van der Waals surface area (Å²) in [4.78, 5) is 2.27. The molecule has 1 rings (SSSR count). The Morgan fingerprint density at radius 1 is 1.60 bits per heavy atom. The van der Waals surface area contributed by atoms with E-state index in [0.29, 0.717) is 12.3 Å². The highest BCUT2D eigenvalue weighted by molar-refractivity contribution is 5.80. The minimum Gasteiger partial charge on any atom is -0.409 e. The lowest BCUT2D eigenvalue weighted by Crippen LogP contribution is -2.35. The molecule has 1 fully saturated rings. The van der Waals surface area contributed by atoms with Crippen LogP contribution < -0.4 is 5.73 Å². The predicted molar refractivity (Wildman–Crippen MR) is 58.8 cm³/mol. The largest absolute Gasteiger partial charge is 0.409 e. The first-order valence-electron chi connectivity index (χ1n) is 5.43. The third kappa shape index (κ3) is 3.35. The van der Waals surface area contributed by atoms with Crippen LogP contribution in [0.5, 0.6) is 0 Å². The molecule has 5 nitrogen and oxygen atoms in total. The Morgan fingerprint density at radius 3 is 2.73 bits per heavy atom. The molecule has 0 aliphatic carbocycles. The number of nitrogens with two attached hydrogens (primary N) is 1. The molecule has 15 heavy (non-hydrogen) atoms. The highest BCUT2D eigenvalue weighted by atomic mass is 16.4. The zero-order valence-corrected chi connectivity index (χ0v) is 9.43. The minimum atomic E-state index is -0.244. The van der Waals surface area contributed by atoms with Crippen molar-refractivity contribution in [3.63, 3.8) is 0 Å². The van der Waals surface area contributed by atoms with Crippen molar-refractivity contribution in [3.05, 3.63) is 0 Å². The van der Waals surface area contributed by atoms with Crippen molar-refractivity contribution in [1.82, 2.24) is 4.90 Å². The quantitative estimate of drug-likeness (QED) is 0.271. The topological polar surface area (TPSA) is 82.1 Å². The monoisotopic (exact) mass is 215 g/mol. The highest BCUT2D eigenvalue weighted by Crippen LogP contribution is 2.22. The number of hydrogen-bond donors (Lipinski definition) is 3. The maximum absolute atomic E-state index is 9.46. The predicted octanol–water partition coefficient (Wildman–Crippen LogP) is 0.214. The van der Waals surface area contributed by atoms with E-state index in [2.05, 4.69) is 17.0 Å². The van der Waals surface area contributed by atoms with Gasteiger partial charge in [0.05, 0.1) is 6.10 Å². The van der Waals surface area contributed by atoms with Crippen molar-refractivity contribution in [2.45, 2.75) is 38.8 Å². The van der Waals surface area contributed by atoms with E-state index in [-0.39, 0.29) is 18.0 Å². The fraction of sp³-hybridized carbons (Fsp3) is 0.900. The molecular formula is C10H21N3O2. The summed E-state index contributed by atoms with van der Waals surface area (Å²) in [6, 6.07) is 0.268. The Morgan fingerprint density at radius 2 is 2.27 bits per heavy atom. The number of hydrogen-bond acceptors (Lipinski definition) is 4. The molecule has 1 aliphatic heterocycles. The lowest BCUT2D eigenvalue weighted by Gasteiger charge is -2.24. The molecule has 0 bridgehead atoms. The van der Waals surface area contributed by atoms with Crippen LogP contribution in [0.1, 0.15) is 26.7 Å². The van der Waals surface area contributed by atoms with Gasteiger partial charge in [-0.3, -0.25) is 4.90 Å². The van der Waals surface area contributed by atoms with Crippen LogP contribution in [0.2, 0.25) is 0 Å². The van der Waals surface area contributed by atoms with Gasteiger partial charge in [-0.25, -0.2) is 0 Å². The number of amidine groups is 1. The molecule has 3 unspecified atom stereocenters. The van der Waals surface area contributed by atoms with Crippen LogP contribution in [0, 0.1) is 5.92 Å². The SMILES string of the molecule is CC(O)C1CCN(C(C)CC(N)=NO)C1. The first kappa shape index (κ1) is 12.3. The molecule has 3 atom stereocenters. The van der Waals surface area contributed by atoms with Crippen LogP contribution in [0.4, 0.5) is 0 Å². The molecule has 0 radical (unpaired) electrons. The first-order chi connectivity index (χ1) is 7.04. The van der Waals surface area contributed by atoms with Gasteiger partial charge in [-0.15, -0.1) is 0 Å². The third-order valence-electron chi connectivity index (χ3n) is 3.19. The molecule has 1 aliphatic rings. The van der Waals surface area contributed by atoms with E-state index in [1.807, 2.05) is 6.92 Å². The molecule has 5 heteroatoms. The van der Waals surface area contributed by atoms with E-state index in [0.717, 1.165) is 19.5 Å². The number of likely N-dealkylation sites (tertiary alicyclic amines) is 1. The van der Waals surface area contributed by atoms with E-state index < -0.39 is 0 Å². The van der Waals surface area contributed by atoms with Gasteiger partial charge in [0.2, 0.25) is 0 Å². The van der Waals surface area contributed by atoms with E-state index >= 15 is 0 Å². The smallest absolute Gasteiger partial charge is 0.140 e. The Labute approximate surface area is 90.6 Å².